The summed E-state index contributed by atoms with van der Waals surface area (Å²) in [5, 5.41) is 11.7. The molecule has 2 N–H and O–H groups in total. The van der Waals surface area contributed by atoms with Gasteiger partial charge in [-0.25, -0.2) is 0 Å². The Morgan fingerprint density at radius 3 is 2.80 bits per heavy atom. The molecule has 4 nitrogen and oxygen atoms in total. The standard InChI is InChI=1S/C11H19NO3/c1-2-10-3-4-11(15-10)9-12-5-7-14-8-6-13/h3-4,12-13H,2,5-9H2,1H3. The number of aliphatic hydroxyl groups is 1. The van der Waals surface area contributed by atoms with Crippen LogP contribution in [0.2, 0.25) is 0 Å². The summed E-state index contributed by atoms with van der Waals surface area (Å²) in [4.78, 5) is 0. The summed E-state index contributed by atoms with van der Waals surface area (Å²) in [7, 11) is 0. The van der Waals surface area contributed by atoms with Crippen LogP contribution in [0.3, 0.4) is 0 Å². The summed E-state index contributed by atoms with van der Waals surface area (Å²) in [6.45, 7) is 4.66. The lowest BCUT2D eigenvalue weighted by molar-refractivity contribution is 0.0935. The molecule has 1 aromatic rings. The zero-order valence-corrected chi connectivity index (χ0v) is 9.16. The van der Waals surface area contributed by atoms with Crippen LogP contribution in [0.4, 0.5) is 0 Å². The van der Waals surface area contributed by atoms with Gasteiger partial charge in [-0.15, -0.1) is 0 Å². The Balaban J connectivity index is 2.04. The maximum atomic E-state index is 8.47. The molecule has 0 aliphatic heterocycles. The summed E-state index contributed by atoms with van der Waals surface area (Å²) in [6, 6.07) is 3.99. The fraction of sp³-hybridized carbons (Fsp3) is 0.636. The van der Waals surface area contributed by atoms with Gasteiger partial charge in [-0.2, -0.15) is 0 Å². The number of furan rings is 1. The lowest BCUT2D eigenvalue weighted by atomic mass is 10.3. The smallest absolute Gasteiger partial charge is 0.117 e. The summed E-state index contributed by atoms with van der Waals surface area (Å²) in [5.74, 6) is 1.97. The van der Waals surface area contributed by atoms with Crippen LogP contribution in [0.25, 0.3) is 0 Å². The molecule has 0 atom stereocenters. The first-order valence-corrected chi connectivity index (χ1v) is 5.33. The van der Waals surface area contributed by atoms with Crippen LogP contribution in [-0.4, -0.2) is 31.5 Å². The first kappa shape index (κ1) is 12.2. The molecule has 0 aromatic carbocycles. The van der Waals surface area contributed by atoms with Crippen LogP contribution in [-0.2, 0) is 17.7 Å². The Labute approximate surface area is 90.2 Å². The second-order valence-corrected chi connectivity index (χ2v) is 3.23. The number of rotatable bonds is 8. The summed E-state index contributed by atoms with van der Waals surface area (Å²) in [5.41, 5.74) is 0. The molecule has 1 rings (SSSR count). The Hall–Kier alpha value is -0.840. The van der Waals surface area contributed by atoms with E-state index >= 15 is 0 Å². The first-order valence-electron chi connectivity index (χ1n) is 5.33. The average molecular weight is 213 g/mol. The van der Waals surface area contributed by atoms with Gasteiger partial charge in [-0.3, -0.25) is 0 Å². The van der Waals surface area contributed by atoms with Gasteiger partial charge in [0.25, 0.3) is 0 Å². The van der Waals surface area contributed by atoms with Crippen molar-refractivity contribution in [3.63, 3.8) is 0 Å². The van der Waals surface area contributed by atoms with Crippen molar-refractivity contribution < 1.29 is 14.3 Å². The second kappa shape index (κ2) is 7.45. The molecule has 1 heterocycles. The van der Waals surface area contributed by atoms with E-state index in [1.54, 1.807) is 0 Å². The normalized spacial score (nSPS) is 10.8. The van der Waals surface area contributed by atoms with Crippen LogP contribution in [0.5, 0.6) is 0 Å². The van der Waals surface area contributed by atoms with Crippen molar-refractivity contribution >= 4 is 0 Å². The van der Waals surface area contributed by atoms with Gasteiger partial charge in [-0.1, -0.05) is 6.92 Å². The van der Waals surface area contributed by atoms with Crippen molar-refractivity contribution in [2.24, 2.45) is 0 Å². The number of ether oxygens (including phenoxy) is 1. The van der Waals surface area contributed by atoms with Gasteiger partial charge < -0.3 is 19.6 Å². The lowest BCUT2D eigenvalue weighted by Crippen LogP contribution is -2.19. The largest absolute Gasteiger partial charge is 0.465 e. The van der Waals surface area contributed by atoms with E-state index in [1.807, 2.05) is 12.1 Å². The third-order valence-corrected chi connectivity index (χ3v) is 2.02. The molecule has 0 bridgehead atoms. The molecule has 0 aliphatic rings. The van der Waals surface area contributed by atoms with Gasteiger partial charge in [0.1, 0.15) is 11.5 Å². The molecular weight excluding hydrogens is 194 g/mol. The number of aryl methyl sites for hydroxylation is 1. The molecule has 0 fully saturated rings. The topological polar surface area (TPSA) is 54.6 Å². The Morgan fingerprint density at radius 1 is 1.33 bits per heavy atom. The minimum absolute atomic E-state index is 0.0814. The molecule has 0 unspecified atom stereocenters. The quantitative estimate of drug-likeness (QED) is 0.631. The van der Waals surface area contributed by atoms with E-state index in [0.717, 1.165) is 31.0 Å². The van der Waals surface area contributed by atoms with Crippen LogP contribution in [0.1, 0.15) is 18.4 Å². The van der Waals surface area contributed by atoms with Gasteiger partial charge in [0.15, 0.2) is 0 Å². The number of aliphatic hydroxyl groups excluding tert-OH is 1. The Morgan fingerprint density at radius 2 is 2.13 bits per heavy atom. The van der Waals surface area contributed by atoms with Gasteiger partial charge in [0.05, 0.1) is 26.4 Å². The summed E-state index contributed by atoms with van der Waals surface area (Å²) < 4.78 is 10.6. The molecule has 0 aliphatic carbocycles. The fourth-order valence-corrected chi connectivity index (χ4v) is 1.23. The maximum Gasteiger partial charge on any atom is 0.117 e. The molecule has 0 saturated heterocycles. The van der Waals surface area contributed by atoms with Crippen LogP contribution < -0.4 is 5.32 Å². The highest BCUT2D eigenvalue weighted by atomic mass is 16.5. The van der Waals surface area contributed by atoms with Crippen molar-refractivity contribution in [1.29, 1.82) is 0 Å². The van der Waals surface area contributed by atoms with Crippen molar-refractivity contribution in [3.8, 4) is 0 Å². The Bertz CT molecular complexity index is 260. The number of hydrogen-bond acceptors (Lipinski definition) is 4. The van der Waals surface area contributed by atoms with E-state index in [9.17, 15) is 0 Å². The minimum Gasteiger partial charge on any atom is -0.465 e. The first-order chi connectivity index (χ1) is 7.36. The highest BCUT2D eigenvalue weighted by Gasteiger charge is 1.98. The fourth-order valence-electron chi connectivity index (χ4n) is 1.23. The molecule has 4 heteroatoms. The van der Waals surface area contributed by atoms with Gasteiger partial charge in [-0.05, 0) is 12.1 Å². The second-order valence-electron chi connectivity index (χ2n) is 3.23. The van der Waals surface area contributed by atoms with E-state index in [1.165, 1.54) is 0 Å². The van der Waals surface area contributed by atoms with Crippen LogP contribution in [0.15, 0.2) is 16.5 Å². The molecule has 15 heavy (non-hydrogen) atoms. The molecular formula is C11H19NO3. The third-order valence-electron chi connectivity index (χ3n) is 2.02. The van der Waals surface area contributed by atoms with Crippen LogP contribution >= 0.6 is 0 Å². The lowest BCUT2D eigenvalue weighted by Gasteiger charge is -2.03. The van der Waals surface area contributed by atoms with Gasteiger partial charge >= 0.3 is 0 Å². The highest BCUT2D eigenvalue weighted by Crippen LogP contribution is 2.07. The van der Waals surface area contributed by atoms with E-state index in [2.05, 4.69) is 12.2 Å². The van der Waals surface area contributed by atoms with Gasteiger partial charge in [0, 0.05) is 13.0 Å². The monoisotopic (exact) mass is 213 g/mol. The zero-order valence-electron chi connectivity index (χ0n) is 9.16. The summed E-state index contributed by atoms with van der Waals surface area (Å²) in [6.07, 6.45) is 0.930. The molecule has 86 valence electrons. The number of nitrogens with one attached hydrogen (secondary N) is 1. The molecule has 1 aromatic heterocycles. The number of hydrogen-bond donors (Lipinski definition) is 2. The molecule has 0 radical (unpaired) electrons. The Kier molecular flexibility index (Phi) is 6.08. The van der Waals surface area contributed by atoms with E-state index < -0.39 is 0 Å². The molecule has 0 saturated carbocycles. The SMILES string of the molecule is CCc1ccc(CNCCOCCO)o1. The maximum absolute atomic E-state index is 8.47. The van der Waals surface area contributed by atoms with Gasteiger partial charge in [0.2, 0.25) is 0 Å². The van der Waals surface area contributed by atoms with Crippen LogP contribution in [0, 0.1) is 0 Å². The van der Waals surface area contributed by atoms with Crippen molar-refractivity contribution in [2.75, 3.05) is 26.4 Å². The van der Waals surface area contributed by atoms with Crippen molar-refractivity contribution in [2.45, 2.75) is 19.9 Å². The average Bonchev–Trinajstić information content (AvgIpc) is 2.71. The minimum atomic E-state index is 0.0814. The van der Waals surface area contributed by atoms with E-state index in [4.69, 9.17) is 14.3 Å². The van der Waals surface area contributed by atoms with E-state index in [0.29, 0.717) is 13.2 Å². The zero-order chi connectivity index (χ0) is 10.9. The predicted octanol–water partition coefficient (Wildman–Crippen LogP) is 0.940. The van der Waals surface area contributed by atoms with E-state index in [-0.39, 0.29) is 6.61 Å². The third kappa shape index (κ3) is 4.97. The van der Waals surface area contributed by atoms with Crippen molar-refractivity contribution in [1.82, 2.24) is 5.32 Å². The van der Waals surface area contributed by atoms with Crippen molar-refractivity contribution in [3.05, 3.63) is 23.7 Å². The highest BCUT2D eigenvalue weighted by molar-refractivity contribution is 5.06. The summed E-state index contributed by atoms with van der Waals surface area (Å²) >= 11 is 0. The molecule has 0 amide bonds. The predicted molar refractivity (Wildman–Crippen MR) is 57.7 cm³/mol. The molecule has 0 spiro atoms.